The second-order valence-electron chi connectivity index (χ2n) is 11.1. The maximum atomic E-state index is 13.3. The Balaban J connectivity index is 1.44. The molecule has 3 N–H and O–H groups in total. The summed E-state index contributed by atoms with van der Waals surface area (Å²) in [6.45, 7) is 4.62. The number of nitrogens with zero attached hydrogens (tertiary/aromatic N) is 5. The van der Waals surface area contributed by atoms with Gasteiger partial charge >= 0.3 is 12.1 Å². The minimum Gasteiger partial charge on any atom is -0.480 e. The topological polar surface area (TPSA) is 144 Å². The Morgan fingerprint density at radius 1 is 1.22 bits per heavy atom. The van der Waals surface area contributed by atoms with Gasteiger partial charge in [-0.15, -0.1) is 0 Å². The summed E-state index contributed by atoms with van der Waals surface area (Å²) in [5.41, 5.74) is -0.771. The summed E-state index contributed by atoms with van der Waals surface area (Å²) in [4.78, 5) is 42.6. The predicted molar refractivity (Wildman–Crippen MR) is 139 cm³/mol. The van der Waals surface area contributed by atoms with Crippen LogP contribution in [-0.2, 0) is 22.6 Å². The van der Waals surface area contributed by atoms with E-state index in [-0.39, 0.29) is 17.5 Å². The van der Waals surface area contributed by atoms with E-state index < -0.39 is 48.4 Å². The molecule has 3 aromatic heterocycles. The number of hydrogen-bond donors (Lipinski definition) is 3. The Hall–Kier alpha value is -3.97. The van der Waals surface area contributed by atoms with Gasteiger partial charge in [-0.25, -0.2) is 9.50 Å². The molecule has 3 aromatic rings. The number of amides is 2. The standard InChI is InChI=1S/C27H32F3N7O4/c1-3-36-19(10-11-31-36)23(38)34-22(16-6-4-15(2)5-7-16)18-14-37-21(32-18)9-8-17(35-37)12-26(25(40)41)13-20(27(28,29)30)33-24(26)39/h8-11,14-16,20,22H,3-7,12-13H2,1-2H3,(H,33,39)(H,34,38)(H,40,41)/t15?,16?,20-,22-,26?/m0/s1. The number of carboxylic acids is 1. The number of imidazole rings is 1. The summed E-state index contributed by atoms with van der Waals surface area (Å²) in [6, 6.07) is 2.00. The Bertz CT molecular complexity index is 1460. The summed E-state index contributed by atoms with van der Waals surface area (Å²) >= 11 is 0. The van der Waals surface area contributed by atoms with Gasteiger partial charge in [0.15, 0.2) is 11.1 Å². The van der Waals surface area contributed by atoms with E-state index in [4.69, 9.17) is 0 Å². The molecule has 5 rings (SSSR count). The molecular formula is C27H32F3N7O4. The van der Waals surface area contributed by atoms with Crippen LogP contribution in [0.2, 0.25) is 0 Å². The van der Waals surface area contributed by atoms with Crippen LogP contribution in [-0.4, -0.2) is 59.5 Å². The lowest BCUT2D eigenvalue weighted by Gasteiger charge is -2.32. The molecule has 1 unspecified atom stereocenters. The van der Waals surface area contributed by atoms with Gasteiger partial charge in [0.05, 0.1) is 23.6 Å². The van der Waals surface area contributed by atoms with Crippen LogP contribution in [0.25, 0.3) is 5.65 Å². The normalized spacial score (nSPS) is 25.7. The molecule has 41 heavy (non-hydrogen) atoms. The van der Waals surface area contributed by atoms with Crippen LogP contribution in [0.4, 0.5) is 13.2 Å². The molecule has 4 heterocycles. The first-order chi connectivity index (χ1) is 19.4. The van der Waals surface area contributed by atoms with Gasteiger partial charge in [0.1, 0.15) is 11.7 Å². The first-order valence-corrected chi connectivity index (χ1v) is 13.7. The number of nitrogens with one attached hydrogen (secondary N) is 2. The molecular weight excluding hydrogens is 543 g/mol. The average Bonchev–Trinajstić information content (AvgIpc) is 3.65. The highest BCUT2D eigenvalue weighted by Gasteiger charge is 2.59. The van der Waals surface area contributed by atoms with E-state index in [0.717, 1.165) is 25.7 Å². The first kappa shape index (κ1) is 28.6. The summed E-state index contributed by atoms with van der Waals surface area (Å²) in [6.07, 6.45) is 0.792. The number of hydrogen-bond acceptors (Lipinski definition) is 6. The average molecular weight is 576 g/mol. The first-order valence-electron chi connectivity index (χ1n) is 13.7. The number of halogens is 3. The van der Waals surface area contributed by atoms with Crippen molar-refractivity contribution in [1.29, 1.82) is 0 Å². The monoisotopic (exact) mass is 575 g/mol. The second-order valence-corrected chi connectivity index (χ2v) is 11.1. The number of aromatic nitrogens is 5. The molecule has 0 bridgehead atoms. The summed E-state index contributed by atoms with van der Waals surface area (Å²) in [5, 5.41) is 23.3. The van der Waals surface area contributed by atoms with Gasteiger partial charge in [-0.1, -0.05) is 19.8 Å². The van der Waals surface area contributed by atoms with Crippen molar-refractivity contribution < 1.29 is 32.7 Å². The third-order valence-electron chi connectivity index (χ3n) is 8.36. The molecule has 1 saturated heterocycles. The number of rotatable bonds is 8. The van der Waals surface area contributed by atoms with Crippen molar-refractivity contribution in [3.8, 4) is 0 Å². The van der Waals surface area contributed by atoms with Gasteiger partial charge in [0.2, 0.25) is 5.91 Å². The summed E-state index contributed by atoms with van der Waals surface area (Å²) < 4.78 is 42.9. The Morgan fingerprint density at radius 2 is 1.95 bits per heavy atom. The highest BCUT2D eigenvalue weighted by Crippen LogP contribution is 2.40. The lowest BCUT2D eigenvalue weighted by Crippen LogP contribution is -2.41. The molecule has 1 aliphatic carbocycles. The summed E-state index contributed by atoms with van der Waals surface area (Å²) in [5.74, 6) is -2.42. The van der Waals surface area contributed by atoms with E-state index in [1.54, 1.807) is 34.5 Å². The lowest BCUT2D eigenvalue weighted by molar-refractivity contribution is -0.158. The highest BCUT2D eigenvalue weighted by molar-refractivity contribution is 6.04. The van der Waals surface area contributed by atoms with Crippen molar-refractivity contribution in [2.24, 2.45) is 17.3 Å². The van der Waals surface area contributed by atoms with Crippen LogP contribution in [0.1, 0.15) is 73.9 Å². The molecule has 0 spiro atoms. The van der Waals surface area contributed by atoms with Crippen LogP contribution in [0.15, 0.2) is 30.6 Å². The molecule has 14 heteroatoms. The largest absolute Gasteiger partial charge is 0.480 e. The quantitative estimate of drug-likeness (QED) is 0.350. The minimum atomic E-state index is -4.77. The number of aliphatic carboxylic acids is 1. The minimum absolute atomic E-state index is 0.120. The van der Waals surface area contributed by atoms with Crippen molar-refractivity contribution in [3.63, 3.8) is 0 Å². The van der Waals surface area contributed by atoms with E-state index >= 15 is 0 Å². The van der Waals surface area contributed by atoms with Gasteiger partial charge in [-0.2, -0.15) is 23.4 Å². The van der Waals surface area contributed by atoms with Crippen LogP contribution in [0.3, 0.4) is 0 Å². The smallest absolute Gasteiger partial charge is 0.408 e. The molecule has 2 amide bonds. The van der Waals surface area contributed by atoms with E-state index in [1.165, 1.54) is 10.6 Å². The van der Waals surface area contributed by atoms with Gasteiger partial charge in [-0.05, 0) is 49.8 Å². The number of aryl methyl sites for hydroxylation is 1. The number of alkyl halides is 3. The number of carboxylic acid groups (broad SMARTS) is 1. The van der Waals surface area contributed by atoms with Gasteiger partial charge in [0, 0.05) is 25.6 Å². The van der Waals surface area contributed by atoms with Crippen molar-refractivity contribution in [2.75, 3.05) is 0 Å². The van der Waals surface area contributed by atoms with Crippen molar-refractivity contribution in [3.05, 3.63) is 47.7 Å². The van der Waals surface area contributed by atoms with Gasteiger partial charge in [-0.3, -0.25) is 19.1 Å². The second kappa shape index (κ2) is 10.8. The molecule has 11 nitrogen and oxygen atoms in total. The van der Waals surface area contributed by atoms with Crippen LogP contribution in [0.5, 0.6) is 0 Å². The SMILES string of the molecule is CCn1nccc1C(=O)N[C@H](c1cn2nc(CC3(C(=O)O)C[C@@H](C(F)(F)F)NC3=O)ccc2n1)C1CCC(C)CC1. The van der Waals surface area contributed by atoms with Crippen molar-refractivity contribution in [1.82, 2.24) is 35.0 Å². The van der Waals surface area contributed by atoms with Gasteiger partial charge < -0.3 is 15.7 Å². The van der Waals surface area contributed by atoms with Crippen molar-refractivity contribution >= 4 is 23.4 Å². The molecule has 2 aliphatic rings. The third kappa shape index (κ3) is 5.51. The predicted octanol–water partition coefficient (Wildman–Crippen LogP) is 3.31. The fraction of sp³-hybridized carbons (Fsp3) is 0.556. The van der Waals surface area contributed by atoms with Crippen LogP contribution in [0, 0.1) is 17.3 Å². The van der Waals surface area contributed by atoms with E-state index in [2.05, 4.69) is 27.4 Å². The molecule has 3 atom stereocenters. The van der Waals surface area contributed by atoms with Crippen molar-refractivity contribution in [2.45, 2.75) is 77.2 Å². The highest BCUT2D eigenvalue weighted by atomic mass is 19.4. The fourth-order valence-electron chi connectivity index (χ4n) is 5.94. The van der Waals surface area contributed by atoms with E-state index in [0.29, 0.717) is 29.5 Å². The Morgan fingerprint density at radius 3 is 2.59 bits per heavy atom. The Kier molecular flexibility index (Phi) is 7.51. The number of fused-ring (bicyclic) bond motifs is 1. The molecule has 1 saturated carbocycles. The number of carbonyl (C=O) groups is 3. The van der Waals surface area contributed by atoms with E-state index in [9.17, 15) is 32.7 Å². The zero-order valence-corrected chi connectivity index (χ0v) is 22.7. The zero-order chi connectivity index (χ0) is 29.5. The fourth-order valence-corrected chi connectivity index (χ4v) is 5.94. The molecule has 1 aliphatic heterocycles. The molecule has 0 radical (unpaired) electrons. The van der Waals surface area contributed by atoms with Crippen LogP contribution < -0.4 is 10.6 Å². The Labute approximate surface area is 233 Å². The molecule has 2 fully saturated rings. The lowest BCUT2D eigenvalue weighted by atomic mass is 9.78. The maximum Gasteiger partial charge on any atom is 0.408 e. The van der Waals surface area contributed by atoms with E-state index in [1.807, 2.05) is 6.92 Å². The summed E-state index contributed by atoms with van der Waals surface area (Å²) in [7, 11) is 0. The molecule has 0 aromatic carbocycles. The van der Waals surface area contributed by atoms with Gasteiger partial charge in [0.25, 0.3) is 5.91 Å². The maximum absolute atomic E-state index is 13.3. The van der Waals surface area contributed by atoms with Crippen LogP contribution >= 0.6 is 0 Å². The number of carbonyl (C=O) groups excluding carboxylic acids is 2. The molecule has 220 valence electrons. The third-order valence-corrected chi connectivity index (χ3v) is 8.36. The zero-order valence-electron chi connectivity index (χ0n) is 22.7.